The highest BCUT2D eigenvalue weighted by molar-refractivity contribution is 5.90. The van der Waals surface area contributed by atoms with Crippen molar-refractivity contribution in [3.63, 3.8) is 0 Å². The number of allylic oxidation sites excluding steroid dienone is 1. The molecule has 0 aliphatic carbocycles. The molecule has 0 aliphatic rings. The van der Waals surface area contributed by atoms with Gasteiger partial charge < -0.3 is 10.8 Å². The number of nitrogens with two attached hydrogens (primary N) is 1. The average molecular weight is 191 g/mol. The monoisotopic (exact) mass is 191 g/mol. The Labute approximate surface area is 82.9 Å². The van der Waals surface area contributed by atoms with Gasteiger partial charge in [-0.2, -0.15) is 0 Å². The van der Waals surface area contributed by atoms with Gasteiger partial charge in [0.1, 0.15) is 0 Å². The van der Waals surface area contributed by atoms with E-state index in [1.807, 2.05) is 19.1 Å². The van der Waals surface area contributed by atoms with Crippen LogP contribution in [0.25, 0.3) is 5.57 Å². The van der Waals surface area contributed by atoms with Crippen LogP contribution >= 0.6 is 0 Å². The van der Waals surface area contributed by atoms with Gasteiger partial charge in [-0.05, 0) is 36.6 Å². The highest BCUT2D eigenvalue weighted by Gasteiger charge is 2.03. The summed E-state index contributed by atoms with van der Waals surface area (Å²) >= 11 is 0. The van der Waals surface area contributed by atoms with Crippen LogP contribution < -0.4 is 5.73 Å². The molecule has 0 saturated carbocycles. The molecule has 0 amide bonds. The van der Waals surface area contributed by atoms with Gasteiger partial charge in [0.15, 0.2) is 0 Å². The zero-order valence-corrected chi connectivity index (χ0v) is 8.24. The fraction of sp³-hybridized carbons (Fsp3) is 0.182. The molecule has 0 heterocycles. The van der Waals surface area contributed by atoms with Gasteiger partial charge in [-0.3, -0.25) is 0 Å². The van der Waals surface area contributed by atoms with Crippen molar-refractivity contribution in [1.82, 2.24) is 0 Å². The molecule has 0 fully saturated rings. The first-order valence-electron chi connectivity index (χ1n) is 4.29. The van der Waals surface area contributed by atoms with E-state index in [0.29, 0.717) is 11.3 Å². The van der Waals surface area contributed by atoms with Gasteiger partial charge in [-0.15, -0.1) is 0 Å². The Balaban J connectivity index is 3.20. The lowest BCUT2D eigenvalue weighted by molar-refractivity contribution is -0.131. The number of rotatable bonds is 2. The normalized spacial score (nSPS) is 11.4. The molecule has 0 aromatic heterocycles. The largest absolute Gasteiger partial charge is 0.478 e. The molecule has 1 rings (SSSR count). The van der Waals surface area contributed by atoms with E-state index >= 15 is 0 Å². The van der Waals surface area contributed by atoms with Crippen molar-refractivity contribution in [2.45, 2.75) is 13.8 Å². The lowest BCUT2D eigenvalue weighted by atomic mass is 10.0. The number of nitrogen functional groups attached to an aromatic ring is 1. The van der Waals surface area contributed by atoms with Crippen LogP contribution in [0.15, 0.2) is 24.3 Å². The highest BCUT2D eigenvalue weighted by atomic mass is 16.4. The Hall–Kier alpha value is -1.77. The Kier molecular flexibility index (Phi) is 2.92. The van der Waals surface area contributed by atoms with Crippen molar-refractivity contribution in [2.75, 3.05) is 5.73 Å². The Morgan fingerprint density at radius 1 is 1.50 bits per heavy atom. The van der Waals surface area contributed by atoms with Gasteiger partial charge in [0.2, 0.25) is 0 Å². The maximum absolute atomic E-state index is 10.5. The molecule has 0 saturated heterocycles. The first kappa shape index (κ1) is 10.3. The van der Waals surface area contributed by atoms with E-state index in [-0.39, 0.29) is 0 Å². The molecule has 0 atom stereocenters. The summed E-state index contributed by atoms with van der Waals surface area (Å²) in [6, 6.07) is 5.48. The van der Waals surface area contributed by atoms with Crippen LogP contribution in [0.1, 0.15) is 18.1 Å². The molecule has 0 spiro atoms. The topological polar surface area (TPSA) is 63.3 Å². The van der Waals surface area contributed by atoms with Crippen molar-refractivity contribution >= 4 is 17.2 Å². The fourth-order valence-corrected chi connectivity index (χ4v) is 1.34. The summed E-state index contributed by atoms with van der Waals surface area (Å²) in [7, 11) is 0. The van der Waals surface area contributed by atoms with E-state index in [4.69, 9.17) is 10.8 Å². The average Bonchev–Trinajstić information content (AvgIpc) is 2.08. The van der Waals surface area contributed by atoms with Crippen molar-refractivity contribution in [3.8, 4) is 0 Å². The first-order chi connectivity index (χ1) is 6.52. The van der Waals surface area contributed by atoms with Crippen molar-refractivity contribution in [3.05, 3.63) is 35.4 Å². The Bertz CT molecular complexity index is 394. The second-order valence-electron chi connectivity index (χ2n) is 3.19. The molecule has 74 valence electrons. The summed E-state index contributed by atoms with van der Waals surface area (Å²) in [5.74, 6) is -0.940. The van der Waals surface area contributed by atoms with E-state index in [2.05, 4.69) is 0 Å². The second kappa shape index (κ2) is 3.96. The second-order valence-corrected chi connectivity index (χ2v) is 3.19. The summed E-state index contributed by atoms with van der Waals surface area (Å²) in [4.78, 5) is 10.5. The molecule has 0 bridgehead atoms. The van der Waals surface area contributed by atoms with Crippen molar-refractivity contribution in [2.24, 2.45) is 0 Å². The zero-order chi connectivity index (χ0) is 10.7. The molecule has 1 aromatic rings. The maximum atomic E-state index is 10.5. The fourth-order valence-electron chi connectivity index (χ4n) is 1.34. The van der Waals surface area contributed by atoms with E-state index in [0.717, 1.165) is 11.1 Å². The standard InChI is InChI=1S/C11H13NO2/c1-7(6-11(13)14)9-4-3-5-10(12)8(9)2/h3-6H,12H2,1-2H3,(H,13,14)/b7-6-. The molecule has 1 aromatic carbocycles. The minimum atomic E-state index is -0.940. The maximum Gasteiger partial charge on any atom is 0.328 e. The molecular weight excluding hydrogens is 178 g/mol. The smallest absolute Gasteiger partial charge is 0.328 e. The van der Waals surface area contributed by atoms with Crippen LogP contribution in [0.3, 0.4) is 0 Å². The summed E-state index contributed by atoms with van der Waals surface area (Å²) in [5, 5.41) is 8.60. The first-order valence-corrected chi connectivity index (χ1v) is 4.29. The predicted octanol–water partition coefficient (Wildman–Crippen LogP) is 2.07. The van der Waals surface area contributed by atoms with E-state index < -0.39 is 5.97 Å². The number of benzene rings is 1. The van der Waals surface area contributed by atoms with Gasteiger partial charge >= 0.3 is 5.97 Å². The van der Waals surface area contributed by atoms with Crippen LogP contribution in [-0.4, -0.2) is 11.1 Å². The number of hydrogen-bond donors (Lipinski definition) is 2. The molecule has 3 heteroatoms. The molecule has 3 nitrogen and oxygen atoms in total. The SMILES string of the molecule is C/C(=C/C(=O)O)c1cccc(N)c1C. The van der Waals surface area contributed by atoms with Gasteiger partial charge in [0.25, 0.3) is 0 Å². The highest BCUT2D eigenvalue weighted by Crippen LogP contribution is 2.22. The van der Waals surface area contributed by atoms with Gasteiger partial charge in [-0.25, -0.2) is 4.79 Å². The van der Waals surface area contributed by atoms with E-state index in [9.17, 15) is 4.79 Å². The minimum absolute atomic E-state index is 0.681. The van der Waals surface area contributed by atoms with Crippen molar-refractivity contribution in [1.29, 1.82) is 0 Å². The quantitative estimate of drug-likeness (QED) is 0.555. The third kappa shape index (κ3) is 2.13. The van der Waals surface area contributed by atoms with Gasteiger partial charge in [0.05, 0.1) is 0 Å². The van der Waals surface area contributed by atoms with Crippen LogP contribution in [0, 0.1) is 6.92 Å². The molecule has 14 heavy (non-hydrogen) atoms. The number of carboxylic acid groups (broad SMARTS) is 1. The molecule has 3 N–H and O–H groups in total. The van der Waals surface area contributed by atoms with E-state index in [1.165, 1.54) is 6.08 Å². The Morgan fingerprint density at radius 3 is 2.71 bits per heavy atom. The van der Waals surface area contributed by atoms with Crippen LogP contribution in [-0.2, 0) is 4.79 Å². The minimum Gasteiger partial charge on any atom is -0.478 e. The van der Waals surface area contributed by atoms with Crippen LogP contribution in [0.5, 0.6) is 0 Å². The number of hydrogen-bond acceptors (Lipinski definition) is 2. The zero-order valence-electron chi connectivity index (χ0n) is 8.24. The summed E-state index contributed by atoms with van der Waals surface area (Å²) in [6.45, 7) is 3.64. The van der Waals surface area contributed by atoms with Crippen LogP contribution in [0.2, 0.25) is 0 Å². The molecule has 0 aliphatic heterocycles. The number of aliphatic carboxylic acids is 1. The third-order valence-corrected chi connectivity index (χ3v) is 2.14. The molecular formula is C11H13NO2. The van der Waals surface area contributed by atoms with Crippen molar-refractivity contribution < 1.29 is 9.90 Å². The Morgan fingerprint density at radius 2 is 2.14 bits per heavy atom. The summed E-state index contributed by atoms with van der Waals surface area (Å²) in [6.07, 6.45) is 1.18. The predicted molar refractivity (Wildman–Crippen MR) is 56.9 cm³/mol. The van der Waals surface area contributed by atoms with Gasteiger partial charge in [-0.1, -0.05) is 12.1 Å². The lowest BCUT2D eigenvalue weighted by Gasteiger charge is -2.07. The van der Waals surface area contributed by atoms with E-state index in [1.54, 1.807) is 13.0 Å². The molecule has 0 unspecified atom stereocenters. The number of carbonyl (C=O) groups is 1. The third-order valence-electron chi connectivity index (χ3n) is 2.14. The summed E-state index contributed by atoms with van der Waals surface area (Å²) in [5.41, 5.74) is 8.91. The lowest BCUT2D eigenvalue weighted by Crippen LogP contribution is -1.95. The molecule has 0 radical (unpaired) electrons. The van der Waals surface area contributed by atoms with Gasteiger partial charge in [0, 0.05) is 11.8 Å². The van der Waals surface area contributed by atoms with Crippen LogP contribution in [0.4, 0.5) is 5.69 Å². The number of anilines is 1. The number of carboxylic acids is 1. The summed E-state index contributed by atoms with van der Waals surface area (Å²) < 4.78 is 0.